The van der Waals surface area contributed by atoms with Gasteiger partial charge in [0, 0.05) is 25.9 Å². The van der Waals surface area contributed by atoms with Crippen molar-refractivity contribution in [3.8, 4) is 0 Å². The number of ether oxygens (including phenoxy) is 1. The first-order valence-corrected chi connectivity index (χ1v) is 6.59. The van der Waals surface area contributed by atoms with Crippen LogP contribution in [0.4, 0.5) is 0 Å². The zero-order valence-electron chi connectivity index (χ0n) is 10.6. The van der Waals surface area contributed by atoms with Gasteiger partial charge in [-0.25, -0.2) is 0 Å². The van der Waals surface area contributed by atoms with E-state index in [1.165, 1.54) is 18.4 Å². The fourth-order valence-electron chi connectivity index (χ4n) is 2.37. The molecule has 1 aromatic rings. The molecule has 0 amide bonds. The van der Waals surface area contributed by atoms with E-state index in [2.05, 4.69) is 11.3 Å². The van der Waals surface area contributed by atoms with E-state index >= 15 is 0 Å². The summed E-state index contributed by atoms with van der Waals surface area (Å²) in [6.45, 7) is 0.940. The molecule has 2 unspecified atom stereocenters. The molecule has 0 saturated carbocycles. The molecule has 0 aliphatic carbocycles. The molecule has 0 aromatic carbocycles. The first kappa shape index (κ1) is 12.6. The summed E-state index contributed by atoms with van der Waals surface area (Å²) in [6.07, 6.45) is 11.2. The van der Waals surface area contributed by atoms with Gasteiger partial charge in [0.25, 0.3) is 0 Å². The Morgan fingerprint density at radius 1 is 1.59 bits per heavy atom. The molecule has 1 aliphatic heterocycles. The number of aryl methyl sites for hydroxylation is 2. The molecule has 2 rings (SSSR count). The molecule has 1 fully saturated rings. The topological polar surface area (TPSA) is 53.1 Å². The van der Waals surface area contributed by atoms with E-state index in [9.17, 15) is 0 Å². The van der Waals surface area contributed by atoms with E-state index in [0.717, 1.165) is 32.3 Å². The van der Waals surface area contributed by atoms with Gasteiger partial charge in [-0.1, -0.05) is 0 Å². The van der Waals surface area contributed by atoms with Gasteiger partial charge in [0.05, 0.1) is 12.3 Å². The smallest absolute Gasteiger partial charge is 0.0576 e. The van der Waals surface area contributed by atoms with Crippen LogP contribution in [0.3, 0.4) is 0 Å². The third-order valence-corrected chi connectivity index (χ3v) is 3.45. The van der Waals surface area contributed by atoms with Crippen molar-refractivity contribution in [2.24, 2.45) is 12.8 Å². The summed E-state index contributed by atoms with van der Waals surface area (Å²) in [5, 5.41) is 4.16. The van der Waals surface area contributed by atoms with Crippen molar-refractivity contribution < 1.29 is 4.74 Å². The SMILES string of the molecule is Cn1cc(CCC(N)CCC2CCCO2)cn1. The molecule has 2 heterocycles. The minimum atomic E-state index is 0.291. The van der Waals surface area contributed by atoms with E-state index in [1.807, 2.05) is 17.9 Å². The number of nitrogens with two attached hydrogens (primary N) is 1. The highest BCUT2D eigenvalue weighted by atomic mass is 16.5. The number of hydrogen-bond acceptors (Lipinski definition) is 3. The number of rotatable bonds is 6. The maximum Gasteiger partial charge on any atom is 0.0576 e. The van der Waals surface area contributed by atoms with Crippen LogP contribution in [0.5, 0.6) is 0 Å². The number of nitrogens with zero attached hydrogens (tertiary/aromatic N) is 2. The van der Waals surface area contributed by atoms with Gasteiger partial charge >= 0.3 is 0 Å². The second-order valence-electron chi connectivity index (χ2n) is 5.03. The second-order valence-corrected chi connectivity index (χ2v) is 5.03. The average molecular weight is 237 g/mol. The maximum atomic E-state index is 6.12. The van der Waals surface area contributed by atoms with Gasteiger partial charge in [-0.05, 0) is 44.1 Å². The lowest BCUT2D eigenvalue weighted by molar-refractivity contribution is 0.100. The Bertz CT molecular complexity index is 331. The zero-order valence-corrected chi connectivity index (χ0v) is 10.6. The minimum absolute atomic E-state index is 0.291. The normalized spacial score (nSPS) is 21.9. The highest BCUT2D eigenvalue weighted by molar-refractivity contribution is 5.03. The molecule has 1 saturated heterocycles. The fraction of sp³-hybridized carbons (Fsp3) is 0.769. The standard InChI is InChI=1S/C13H23N3O/c1-16-10-11(9-15-16)4-5-12(14)6-7-13-3-2-8-17-13/h9-10,12-13H,2-8,14H2,1H3. The molecular weight excluding hydrogens is 214 g/mol. The molecule has 2 N–H and O–H groups in total. The highest BCUT2D eigenvalue weighted by Crippen LogP contribution is 2.18. The molecule has 96 valence electrons. The van der Waals surface area contributed by atoms with E-state index in [0.29, 0.717) is 12.1 Å². The quantitative estimate of drug-likeness (QED) is 0.818. The summed E-state index contributed by atoms with van der Waals surface area (Å²) in [5.74, 6) is 0. The summed E-state index contributed by atoms with van der Waals surface area (Å²) < 4.78 is 7.44. The summed E-state index contributed by atoms with van der Waals surface area (Å²) in [6, 6.07) is 0.291. The van der Waals surface area contributed by atoms with Crippen LogP contribution in [-0.4, -0.2) is 28.5 Å². The predicted molar refractivity (Wildman–Crippen MR) is 67.7 cm³/mol. The van der Waals surface area contributed by atoms with Crippen LogP contribution in [0, 0.1) is 0 Å². The van der Waals surface area contributed by atoms with Crippen LogP contribution in [0.1, 0.15) is 37.7 Å². The maximum absolute atomic E-state index is 6.12. The van der Waals surface area contributed by atoms with Crippen LogP contribution in [0.25, 0.3) is 0 Å². The predicted octanol–water partition coefficient (Wildman–Crippen LogP) is 1.64. The van der Waals surface area contributed by atoms with Gasteiger partial charge in [-0.2, -0.15) is 5.10 Å². The van der Waals surface area contributed by atoms with Crippen molar-refractivity contribution in [3.63, 3.8) is 0 Å². The van der Waals surface area contributed by atoms with Crippen LogP contribution in [0.2, 0.25) is 0 Å². The van der Waals surface area contributed by atoms with Gasteiger partial charge in [-0.3, -0.25) is 4.68 Å². The molecule has 1 aliphatic rings. The monoisotopic (exact) mass is 237 g/mol. The van der Waals surface area contributed by atoms with Gasteiger partial charge in [0.15, 0.2) is 0 Å². The molecular formula is C13H23N3O. The van der Waals surface area contributed by atoms with Gasteiger partial charge in [0.2, 0.25) is 0 Å². The largest absolute Gasteiger partial charge is 0.378 e. The van der Waals surface area contributed by atoms with Crippen molar-refractivity contribution in [2.45, 2.75) is 50.7 Å². The number of aromatic nitrogens is 2. The Kier molecular flexibility index (Phi) is 4.57. The Balaban J connectivity index is 1.61. The van der Waals surface area contributed by atoms with Crippen molar-refractivity contribution in [1.29, 1.82) is 0 Å². The molecule has 0 radical (unpaired) electrons. The van der Waals surface area contributed by atoms with Crippen LogP contribution < -0.4 is 5.73 Å². The van der Waals surface area contributed by atoms with Crippen molar-refractivity contribution in [2.75, 3.05) is 6.61 Å². The molecule has 2 atom stereocenters. The van der Waals surface area contributed by atoms with Crippen molar-refractivity contribution in [1.82, 2.24) is 9.78 Å². The van der Waals surface area contributed by atoms with E-state index in [1.54, 1.807) is 0 Å². The summed E-state index contributed by atoms with van der Waals surface area (Å²) in [7, 11) is 1.95. The lowest BCUT2D eigenvalue weighted by Gasteiger charge is -2.14. The molecule has 17 heavy (non-hydrogen) atoms. The van der Waals surface area contributed by atoms with Crippen molar-refractivity contribution in [3.05, 3.63) is 18.0 Å². The number of hydrogen-bond donors (Lipinski definition) is 1. The average Bonchev–Trinajstić information content (AvgIpc) is 2.95. The first-order valence-electron chi connectivity index (χ1n) is 6.59. The molecule has 0 bridgehead atoms. The first-order chi connectivity index (χ1) is 8.24. The van der Waals surface area contributed by atoms with E-state index in [4.69, 9.17) is 10.5 Å². The van der Waals surface area contributed by atoms with E-state index in [-0.39, 0.29) is 0 Å². The molecule has 4 heteroatoms. The lowest BCUT2D eigenvalue weighted by Crippen LogP contribution is -2.22. The fourth-order valence-corrected chi connectivity index (χ4v) is 2.37. The second kappa shape index (κ2) is 6.17. The van der Waals surface area contributed by atoms with Crippen molar-refractivity contribution >= 4 is 0 Å². The Hall–Kier alpha value is -0.870. The molecule has 1 aromatic heterocycles. The van der Waals surface area contributed by atoms with E-state index < -0.39 is 0 Å². The third-order valence-electron chi connectivity index (χ3n) is 3.45. The minimum Gasteiger partial charge on any atom is -0.378 e. The Morgan fingerprint density at radius 2 is 2.47 bits per heavy atom. The van der Waals surface area contributed by atoms with Crippen LogP contribution in [0.15, 0.2) is 12.4 Å². The summed E-state index contributed by atoms with van der Waals surface area (Å²) in [5.41, 5.74) is 7.40. The van der Waals surface area contributed by atoms with Crippen LogP contribution >= 0.6 is 0 Å². The van der Waals surface area contributed by atoms with Gasteiger partial charge in [-0.15, -0.1) is 0 Å². The Morgan fingerprint density at radius 3 is 3.12 bits per heavy atom. The molecule has 0 spiro atoms. The molecule has 4 nitrogen and oxygen atoms in total. The summed E-state index contributed by atoms with van der Waals surface area (Å²) >= 11 is 0. The Labute approximate surface area is 103 Å². The highest BCUT2D eigenvalue weighted by Gasteiger charge is 2.16. The zero-order chi connectivity index (χ0) is 12.1. The van der Waals surface area contributed by atoms with Gasteiger partial charge in [0.1, 0.15) is 0 Å². The summed E-state index contributed by atoms with van der Waals surface area (Å²) in [4.78, 5) is 0. The third kappa shape index (κ3) is 4.13. The van der Waals surface area contributed by atoms with Crippen LogP contribution in [-0.2, 0) is 18.2 Å². The van der Waals surface area contributed by atoms with Gasteiger partial charge < -0.3 is 10.5 Å². The lowest BCUT2D eigenvalue weighted by atomic mass is 10.0.